The van der Waals surface area contributed by atoms with E-state index >= 15 is 0 Å². The van der Waals surface area contributed by atoms with Crippen LogP contribution in [0.1, 0.15) is 52.0 Å². The van der Waals surface area contributed by atoms with Crippen molar-refractivity contribution in [2.75, 3.05) is 32.1 Å². The van der Waals surface area contributed by atoms with Gasteiger partial charge in [-0.3, -0.25) is 14.5 Å². The average molecular weight is 686 g/mol. The van der Waals surface area contributed by atoms with Crippen molar-refractivity contribution in [1.29, 1.82) is 0 Å². The third-order valence-electron chi connectivity index (χ3n) is 8.98. The van der Waals surface area contributed by atoms with Gasteiger partial charge in [0, 0.05) is 25.6 Å². The number of rotatable bonds is 11. The van der Waals surface area contributed by atoms with Crippen LogP contribution >= 0.6 is 0 Å². The van der Waals surface area contributed by atoms with Crippen LogP contribution in [0.4, 0.5) is 18.9 Å². The number of alkyl halides is 3. The molecule has 10 heteroatoms. The molecule has 4 aromatic rings. The highest BCUT2D eigenvalue weighted by Gasteiger charge is 2.35. The van der Waals surface area contributed by atoms with Crippen LogP contribution in [0, 0.1) is 5.92 Å². The highest BCUT2D eigenvalue weighted by atomic mass is 19.4. The minimum Gasteiger partial charge on any atom is -0.486 e. The van der Waals surface area contributed by atoms with Crippen molar-refractivity contribution in [2.45, 2.75) is 45.1 Å². The lowest BCUT2D eigenvalue weighted by atomic mass is 9.98. The van der Waals surface area contributed by atoms with Crippen molar-refractivity contribution >= 4 is 23.1 Å². The Balaban J connectivity index is 1.35. The Bertz CT molecular complexity index is 1790. The molecule has 7 nitrogen and oxygen atoms in total. The number of likely N-dealkylation sites (N-methyl/N-ethyl adjacent to an activating group) is 1. The Kier molecular flexibility index (Phi) is 11.4. The second-order valence-electron chi connectivity index (χ2n) is 13.0. The van der Waals surface area contributed by atoms with Crippen molar-refractivity contribution in [1.82, 2.24) is 9.80 Å². The molecule has 0 saturated carbocycles. The number of carbonyl (C=O) groups excluding carboxylic acids is 2. The number of fused-ring (bicyclic) bond motifs is 1. The maximum Gasteiger partial charge on any atom is 0.416 e. The molecule has 50 heavy (non-hydrogen) atoms. The zero-order chi connectivity index (χ0) is 36.0. The van der Waals surface area contributed by atoms with Gasteiger partial charge in [0.25, 0.3) is 5.91 Å². The Hall–Kier alpha value is -4.93. The van der Waals surface area contributed by atoms with Crippen LogP contribution in [-0.2, 0) is 23.9 Å². The summed E-state index contributed by atoms with van der Waals surface area (Å²) < 4.78 is 45.7. The SMILES string of the molecule is C=C(c1ccccc1)c1ccc(CN(C)C[C@H]2Oc3c(NC(=O)Cc4ccc(C(F)(F)F)cc4)cccc3C(=O)N([C@@H](C)CO)C[C@H]2C)cc1. The Morgan fingerprint density at radius 1 is 0.980 bits per heavy atom. The van der Waals surface area contributed by atoms with E-state index in [2.05, 4.69) is 41.1 Å². The second-order valence-corrected chi connectivity index (χ2v) is 13.0. The first-order chi connectivity index (χ1) is 23.8. The molecule has 0 saturated heterocycles. The minimum absolute atomic E-state index is 0.156. The number of nitrogens with one attached hydrogen (secondary N) is 1. The van der Waals surface area contributed by atoms with Crippen LogP contribution in [-0.4, -0.2) is 65.6 Å². The van der Waals surface area contributed by atoms with E-state index in [0.717, 1.165) is 34.4 Å². The van der Waals surface area contributed by atoms with Crippen LogP contribution in [0.15, 0.2) is 104 Å². The van der Waals surface area contributed by atoms with E-state index in [9.17, 15) is 27.9 Å². The summed E-state index contributed by atoms with van der Waals surface area (Å²) in [6, 6.07) is 27.1. The van der Waals surface area contributed by atoms with Gasteiger partial charge < -0.3 is 20.1 Å². The minimum atomic E-state index is -4.48. The molecule has 1 aliphatic heterocycles. The van der Waals surface area contributed by atoms with Gasteiger partial charge in [-0.05, 0) is 66.1 Å². The van der Waals surface area contributed by atoms with Gasteiger partial charge in [-0.15, -0.1) is 0 Å². The molecule has 0 unspecified atom stereocenters. The quantitative estimate of drug-likeness (QED) is 0.173. The predicted molar refractivity (Wildman–Crippen MR) is 189 cm³/mol. The molecular formula is C40H42F3N3O4. The van der Waals surface area contributed by atoms with Gasteiger partial charge in [0.15, 0.2) is 5.75 Å². The zero-order valence-electron chi connectivity index (χ0n) is 28.4. The first kappa shape index (κ1) is 36.4. The van der Waals surface area contributed by atoms with E-state index < -0.39 is 29.8 Å². The Morgan fingerprint density at radius 3 is 2.26 bits per heavy atom. The molecule has 0 bridgehead atoms. The van der Waals surface area contributed by atoms with E-state index in [1.165, 1.54) is 12.1 Å². The number of aliphatic hydroxyl groups excluding tert-OH is 1. The predicted octanol–water partition coefficient (Wildman–Crippen LogP) is 7.30. The molecule has 0 spiro atoms. The van der Waals surface area contributed by atoms with Gasteiger partial charge in [0.05, 0.1) is 35.9 Å². The van der Waals surface area contributed by atoms with Gasteiger partial charge in [-0.2, -0.15) is 13.2 Å². The number of hydrogen-bond acceptors (Lipinski definition) is 5. The highest BCUT2D eigenvalue weighted by molar-refractivity contribution is 6.02. The summed E-state index contributed by atoms with van der Waals surface area (Å²) in [5.74, 6) is -0.758. The van der Waals surface area contributed by atoms with E-state index in [1.807, 2.05) is 44.3 Å². The van der Waals surface area contributed by atoms with Gasteiger partial charge in [-0.1, -0.05) is 86.3 Å². The van der Waals surface area contributed by atoms with E-state index in [-0.39, 0.29) is 41.9 Å². The summed E-state index contributed by atoms with van der Waals surface area (Å²) >= 11 is 0. The maximum absolute atomic E-state index is 13.8. The molecule has 0 aromatic heterocycles. The van der Waals surface area contributed by atoms with Gasteiger partial charge in [-0.25, -0.2) is 0 Å². The van der Waals surface area contributed by atoms with Gasteiger partial charge in [0.2, 0.25) is 5.91 Å². The molecule has 2 amide bonds. The summed E-state index contributed by atoms with van der Waals surface area (Å²) in [6.07, 6.45) is -5.06. The molecule has 0 fully saturated rings. The standard InChI is InChI=1S/C40H42F3N3O4/c1-26-22-46(27(2)25-47)39(49)34-11-8-12-35(44-37(48)21-29-15-19-33(20-16-29)40(41,42)43)38(34)50-36(26)24-45(4)23-30-13-17-32(18-14-30)28(3)31-9-6-5-7-10-31/h5-20,26-27,36,47H,3,21-25H2,1-2,4H3,(H,44,48)/t26-,27+,36-/m1/s1. The van der Waals surface area contributed by atoms with Crippen LogP contribution in [0.3, 0.4) is 0 Å². The second kappa shape index (κ2) is 15.7. The molecular weight excluding hydrogens is 643 g/mol. The molecule has 4 aromatic carbocycles. The number of halogens is 3. The summed E-state index contributed by atoms with van der Waals surface area (Å²) in [5, 5.41) is 12.8. The fourth-order valence-corrected chi connectivity index (χ4v) is 6.05. The number of amides is 2. The number of ether oxygens (including phenoxy) is 1. The van der Waals surface area contributed by atoms with Crippen LogP contribution < -0.4 is 10.1 Å². The van der Waals surface area contributed by atoms with Crippen LogP contribution in [0.2, 0.25) is 0 Å². The zero-order valence-corrected chi connectivity index (χ0v) is 28.4. The lowest BCUT2D eigenvalue weighted by molar-refractivity contribution is -0.137. The van der Waals surface area contributed by atoms with Crippen LogP contribution in [0.25, 0.3) is 5.57 Å². The van der Waals surface area contributed by atoms with Crippen molar-refractivity contribution in [3.05, 3.63) is 137 Å². The number of para-hydroxylation sites is 1. The summed E-state index contributed by atoms with van der Waals surface area (Å²) in [6.45, 7) is 9.26. The number of benzene rings is 4. The van der Waals surface area contributed by atoms with Crippen molar-refractivity contribution in [2.24, 2.45) is 5.92 Å². The van der Waals surface area contributed by atoms with E-state index in [4.69, 9.17) is 4.74 Å². The lowest BCUT2D eigenvalue weighted by Crippen LogP contribution is -2.49. The molecule has 5 rings (SSSR count). The molecule has 2 N–H and O–H groups in total. The van der Waals surface area contributed by atoms with Crippen molar-refractivity contribution in [3.8, 4) is 5.75 Å². The van der Waals surface area contributed by atoms with E-state index in [1.54, 1.807) is 30.0 Å². The number of aliphatic hydroxyl groups is 1. The van der Waals surface area contributed by atoms with Crippen molar-refractivity contribution < 1.29 is 32.6 Å². The molecule has 1 aliphatic rings. The number of anilines is 1. The third-order valence-corrected chi connectivity index (χ3v) is 8.98. The normalized spacial score (nSPS) is 17.0. The Morgan fingerprint density at radius 2 is 1.62 bits per heavy atom. The molecule has 1 heterocycles. The first-order valence-corrected chi connectivity index (χ1v) is 16.5. The van der Waals surface area contributed by atoms with Gasteiger partial charge >= 0.3 is 6.18 Å². The number of nitrogens with zero attached hydrogens (tertiary/aromatic N) is 2. The summed E-state index contributed by atoms with van der Waals surface area (Å²) in [4.78, 5) is 30.7. The van der Waals surface area contributed by atoms with Crippen molar-refractivity contribution in [3.63, 3.8) is 0 Å². The molecule has 262 valence electrons. The van der Waals surface area contributed by atoms with E-state index in [0.29, 0.717) is 25.2 Å². The highest BCUT2D eigenvalue weighted by Crippen LogP contribution is 2.35. The Labute approximate surface area is 291 Å². The largest absolute Gasteiger partial charge is 0.486 e. The number of hydrogen-bond donors (Lipinski definition) is 2. The van der Waals surface area contributed by atoms with Gasteiger partial charge in [0.1, 0.15) is 6.10 Å². The lowest BCUT2D eigenvalue weighted by Gasteiger charge is -2.38. The molecule has 0 radical (unpaired) electrons. The molecule has 0 aliphatic carbocycles. The maximum atomic E-state index is 13.8. The topological polar surface area (TPSA) is 82.1 Å². The van der Waals surface area contributed by atoms with Crippen LogP contribution in [0.5, 0.6) is 5.75 Å². The first-order valence-electron chi connectivity index (χ1n) is 16.5. The average Bonchev–Trinajstić information content (AvgIpc) is 3.10. The fourth-order valence-electron chi connectivity index (χ4n) is 6.05. The monoisotopic (exact) mass is 685 g/mol. The molecule has 3 atom stereocenters. The number of carbonyl (C=O) groups is 2. The summed E-state index contributed by atoms with van der Waals surface area (Å²) in [7, 11) is 1.99. The summed E-state index contributed by atoms with van der Waals surface area (Å²) in [5.41, 5.74) is 4.26. The third kappa shape index (κ3) is 8.80. The fraction of sp³-hybridized carbons (Fsp3) is 0.300. The smallest absolute Gasteiger partial charge is 0.416 e.